The first-order chi connectivity index (χ1) is 9.60. The first-order valence-electron chi connectivity index (χ1n) is 7.76. The Labute approximate surface area is 129 Å². The maximum Gasteiger partial charge on any atom is 0.124 e. The third-order valence-electron chi connectivity index (χ3n) is 4.89. The highest BCUT2D eigenvalue weighted by Gasteiger charge is 2.53. The number of hydrogen-bond donors (Lipinski definition) is 1. The molecule has 0 radical (unpaired) electrons. The van der Waals surface area contributed by atoms with Crippen molar-refractivity contribution in [3.8, 4) is 0 Å². The lowest BCUT2D eigenvalue weighted by molar-refractivity contribution is 0.248. The smallest absolute Gasteiger partial charge is 0.124 e. The number of benzene rings is 1. The van der Waals surface area contributed by atoms with Crippen LogP contribution in [-0.2, 0) is 6.42 Å². The summed E-state index contributed by atoms with van der Waals surface area (Å²) in [5, 5.41) is 3.60. The molecule has 1 nitrogen and oxygen atoms in total. The van der Waals surface area contributed by atoms with Crippen molar-refractivity contribution in [1.29, 1.82) is 0 Å². The minimum absolute atomic E-state index is 0.130. The zero-order chi connectivity index (χ0) is 14.2. The van der Waals surface area contributed by atoms with Crippen LogP contribution in [0, 0.1) is 23.1 Å². The van der Waals surface area contributed by atoms with Crippen LogP contribution in [0.2, 0.25) is 0 Å². The van der Waals surface area contributed by atoms with Gasteiger partial charge in [-0.05, 0) is 79.7 Å². The van der Waals surface area contributed by atoms with Crippen molar-refractivity contribution >= 4 is 15.9 Å². The Morgan fingerprint density at radius 2 is 2.05 bits per heavy atom. The molecule has 0 aromatic heterocycles. The van der Waals surface area contributed by atoms with Crippen LogP contribution in [0.15, 0.2) is 22.7 Å². The van der Waals surface area contributed by atoms with Crippen LogP contribution in [0.3, 0.4) is 0 Å². The third-order valence-corrected chi connectivity index (χ3v) is 5.35. The minimum Gasteiger partial charge on any atom is -0.316 e. The summed E-state index contributed by atoms with van der Waals surface area (Å²) in [6.45, 7) is 4.38. The van der Waals surface area contributed by atoms with Crippen molar-refractivity contribution in [3.63, 3.8) is 0 Å². The van der Waals surface area contributed by atoms with Crippen LogP contribution in [0.1, 0.15) is 38.2 Å². The molecule has 2 aliphatic carbocycles. The Morgan fingerprint density at radius 3 is 2.70 bits per heavy atom. The van der Waals surface area contributed by atoms with Crippen LogP contribution >= 0.6 is 15.9 Å². The van der Waals surface area contributed by atoms with Crippen molar-refractivity contribution < 1.29 is 4.39 Å². The van der Waals surface area contributed by atoms with E-state index in [2.05, 4.69) is 34.2 Å². The van der Waals surface area contributed by atoms with Crippen molar-refractivity contribution in [3.05, 3.63) is 34.1 Å². The van der Waals surface area contributed by atoms with E-state index in [1.807, 2.05) is 0 Å². The van der Waals surface area contributed by atoms with Gasteiger partial charge < -0.3 is 5.32 Å². The molecule has 1 N–H and O–H groups in total. The van der Waals surface area contributed by atoms with Crippen LogP contribution < -0.4 is 5.32 Å². The Morgan fingerprint density at radius 1 is 1.30 bits per heavy atom. The van der Waals surface area contributed by atoms with E-state index in [1.54, 1.807) is 6.07 Å². The minimum atomic E-state index is -0.130. The third kappa shape index (κ3) is 3.25. The van der Waals surface area contributed by atoms with Crippen molar-refractivity contribution in [2.75, 3.05) is 13.1 Å². The fourth-order valence-corrected chi connectivity index (χ4v) is 4.55. The van der Waals surface area contributed by atoms with Gasteiger partial charge in [0, 0.05) is 11.0 Å². The highest BCUT2D eigenvalue weighted by molar-refractivity contribution is 9.10. The second kappa shape index (κ2) is 5.76. The predicted octanol–water partition coefficient (Wildman–Crippen LogP) is 4.55. The van der Waals surface area contributed by atoms with Gasteiger partial charge >= 0.3 is 0 Å². The van der Waals surface area contributed by atoms with E-state index >= 15 is 0 Å². The number of fused-ring (bicyclic) bond motifs is 1. The van der Waals surface area contributed by atoms with Crippen molar-refractivity contribution in [2.45, 2.75) is 39.0 Å². The van der Waals surface area contributed by atoms with E-state index in [4.69, 9.17) is 0 Å². The van der Waals surface area contributed by atoms with Crippen molar-refractivity contribution in [2.24, 2.45) is 17.3 Å². The molecule has 3 heteroatoms. The summed E-state index contributed by atoms with van der Waals surface area (Å²) >= 11 is 3.41. The normalized spacial score (nSPS) is 31.4. The van der Waals surface area contributed by atoms with Crippen LogP contribution in [0.25, 0.3) is 0 Å². The quantitative estimate of drug-likeness (QED) is 0.750. The van der Waals surface area contributed by atoms with Gasteiger partial charge in [-0.1, -0.05) is 22.9 Å². The Balaban J connectivity index is 1.72. The van der Waals surface area contributed by atoms with E-state index in [1.165, 1.54) is 31.7 Å². The zero-order valence-electron chi connectivity index (χ0n) is 12.1. The van der Waals surface area contributed by atoms with E-state index in [0.29, 0.717) is 5.41 Å². The SMILES string of the molecule is CCCNCC1(Cc2cc(F)cc(Br)c2)CC2CC2C1. The molecule has 2 unspecified atom stereocenters. The second-order valence-electron chi connectivity index (χ2n) is 6.80. The molecule has 110 valence electrons. The lowest BCUT2D eigenvalue weighted by atomic mass is 9.77. The highest BCUT2D eigenvalue weighted by atomic mass is 79.9. The maximum absolute atomic E-state index is 13.6. The molecule has 0 bridgehead atoms. The summed E-state index contributed by atoms with van der Waals surface area (Å²) in [5.74, 6) is 1.78. The number of hydrogen-bond acceptors (Lipinski definition) is 1. The lowest BCUT2D eigenvalue weighted by Gasteiger charge is -2.32. The van der Waals surface area contributed by atoms with Gasteiger partial charge in [0.1, 0.15) is 5.82 Å². The molecule has 2 atom stereocenters. The van der Waals surface area contributed by atoms with E-state index in [-0.39, 0.29) is 5.82 Å². The summed E-state index contributed by atoms with van der Waals surface area (Å²) in [4.78, 5) is 0. The van der Waals surface area contributed by atoms with Gasteiger partial charge in [-0.25, -0.2) is 4.39 Å². The van der Waals surface area contributed by atoms with Gasteiger partial charge in [0.25, 0.3) is 0 Å². The van der Waals surface area contributed by atoms with Crippen LogP contribution in [0.4, 0.5) is 4.39 Å². The fraction of sp³-hybridized carbons (Fsp3) is 0.647. The van der Waals surface area contributed by atoms with Gasteiger partial charge in [0.2, 0.25) is 0 Å². The maximum atomic E-state index is 13.6. The van der Waals surface area contributed by atoms with Gasteiger partial charge in [0.05, 0.1) is 0 Å². The molecular formula is C17H23BrFN. The summed E-state index contributed by atoms with van der Waals surface area (Å²) in [6.07, 6.45) is 6.26. The zero-order valence-corrected chi connectivity index (χ0v) is 13.7. The average molecular weight is 340 g/mol. The topological polar surface area (TPSA) is 12.0 Å². The summed E-state index contributed by atoms with van der Waals surface area (Å²) in [7, 11) is 0. The van der Waals surface area contributed by atoms with E-state index in [0.717, 1.165) is 41.4 Å². The number of halogens is 2. The molecule has 0 heterocycles. The van der Waals surface area contributed by atoms with Crippen molar-refractivity contribution in [1.82, 2.24) is 5.32 Å². The molecule has 2 fully saturated rings. The molecule has 0 spiro atoms. The molecule has 2 aliphatic rings. The Bertz CT molecular complexity index is 458. The fourth-order valence-electron chi connectivity index (χ4n) is 4.03. The van der Waals surface area contributed by atoms with Gasteiger partial charge in [-0.2, -0.15) is 0 Å². The predicted molar refractivity (Wildman–Crippen MR) is 84.2 cm³/mol. The second-order valence-corrected chi connectivity index (χ2v) is 7.71. The number of nitrogens with one attached hydrogen (secondary N) is 1. The molecule has 0 aliphatic heterocycles. The van der Waals surface area contributed by atoms with Gasteiger partial charge in [-0.15, -0.1) is 0 Å². The number of rotatable bonds is 6. The van der Waals surface area contributed by atoms with E-state index < -0.39 is 0 Å². The standard InChI is InChI=1S/C17H23BrFN/c1-2-3-20-11-17(9-13-6-14(13)10-17)8-12-4-15(18)7-16(19)5-12/h4-5,7,13-14,20H,2-3,6,8-11H2,1H3. The molecular weight excluding hydrogens is 317 g/mol. The molecule has 3 rings (SSSR count). The van der Waals surface area contributed by atoms with Crippen LogP contribution in [-0.4, -0.2) is 13.1 Å². The first-order valence-corrected chi connectivity index (χ1v) is 8.55. The average Bonchev–Trinajstić information content (AvgIpc) is 2.96. The molecule has 1 aromatic rings. The molecule has 0 amide bonds. The summed E-state index contributed by atoms with van der Waals surface area (Å²) in [5.41, 5.74) is 1.49. The molecule has 1 aromatic carbocycles. The molecule has 2 saturated carbocycles. The lowest BCUT2D eigenvalue weighted by Crippen LogP contribution is -2.35. The van der Waals surface area contributed by atoms with Gasteiger partial charge in [-0.3, -0.25) is 0 Å². The summed E-state index contributed by atoms with van der Waals surface area (Å²) < 4.78 is 14.4. The summed E-state index contributed by atoms with van der Waals surface area (Å²) in [6, 6.07) is 5.32. The molecule has 0 saturated heterocycles. The first kappa shape index (κ1) is 14.5. The molecule has 20 heavy (non-hydrogen) atoms. The largest absolute Gasteiger partial charge is 0.316 e. The van der Waals surface area contributed by atoms with Crippen LogP contribution in [0.5, 0.6) is 0 Å². The van der Waals surface area contributed by atoms with Gasteiger partial charge in [0.15, 0.2) is 0 Å². The Kier molecular flexibility index (Phi) is 4.19. The Hall–Kier alpha value is -0.410. The van der Waals surface area contributed by atoms with E-state index in [9.17, 15) is 4.39 Å². The highest BCUT2D eigenvalue weighted by Crippen LogP contribution is 2.60. The monoisotopic (exact) mass is 339 g/mol.